The van der Waals surface area contributed by atoms with Crippen LogP contribution in [0.1, 0.15) is 78.6 Å². The van der Waals surface area contributed by atoms with Gasteiger partial charge in [-0.15, -0.1) is 5.16 Å². The lowest BCUT2D eigenvalue weighted by molar-refractivity contribution is 0.317. The monoisotopic (exact) mass is 285 g/mol. The van der Waals surface area contributed by atoms with Gasteiger partial charge in [-0.3, -0.25) is 0 Å². The molecule has 0 atom stereocenters. The van der Waals surface area contributed by atoms with E-state index in [9.17, 15) is 0 Å². The minimum Gasteiger partial charge on any atom is -0.455 e. The van der Waals surface area contributed by atoms with Crippen molar-refractivity contribution in [2.45, 2.75) is 96.7 Å². The van der Waals surface area contributed by atoms with Crippen LogP contribution in [0.5, 0.6) is 0 Å². The lowest BCUT2D eigenvalue weighted by atomic mass is 10.3. The molecule has 2 nitrogen and oxygen atoms in total. The molecule has 0 fully saturated rings. The second-order valence-corrected chi connectivity index (χ2v) is 9.82. The first-order valence-corrected chi connectivity index (χ1v) is 10.9. The van der Waals surface area contributed by atoms with Gasteiger partial charge in [0, 0.05) is 6.72 Å². The third-order valence-corrected chi connectivity index (χ3v) is 8.28. The van der Waals surface area contributed by atoms with Gasteiger partial charge >= 0.3 is 0 Å². The Labute approximate surface area is 122 Å². The van der Waals surface area contributed by atoms with Crippen LogP contribution in [0.15, 0.2) is 5.16 Å². The highest BCUT2D eigenvalue weighted by atomic mass is 28.4. The molecule has 0 aromatic carbocycles. The van der Waals surface area contributed by atoms with Crippen LogP contribution in [0.4, 0.5) is 0 Å². The van der Waals surface area contributed by atoms with Crippen LogP contribution in [0, 0.1) is 0 Å². The Morgan fingerprint density at radius 1 is 0.737 bits per heavy atom. The number of oxime groups is 1. The summed E-state index contributed by atoms with van der Waals surface area (Å²) in [6, 6.07) is 3.86. The second-order valence-electron chi connectivity index (χ2n) is 5.77. The molecule has 0 aromatic rings. The van der Waals surface area contributed by atoms with Gasteiger partial charge in [-0.25, -0.2) is 0 Å². The molecule has 19 heavy (non-hydrogen) atoms. The van der Waals surface area contributed by atoms with E-state index in [1.807, 2.05) is 0 Å². The molecule has 0 amide bonds. The Bertz CT molecular complexity index is 182. The van der Waals surface area contributed by atoms with Crippen LogP contribution in [-0.4, -0.2) is 15.0 Å². The van der Waals surface area contributed by atoms with Gasteiger partial charge in [0.2, 0.25) is 0 Å². The van der Waals surface area contributed by atoms with Crippen molar-refractivity contribution in [3.05, 3.63) is 0 Å². The molecule has 0 saturated carbocycles. The fourth-order valence-corrected chi connectivity index (χ4v) is 6.72. The lowest BCUT2D eigenvalue weighted by Crippen LogP contribution is -2.36. The van der Waals surface area contributed by atoms with E-state index < -0.39 is 8.32 Å². The third kappa shape index (κ3) is 9.25. The number of hydrogen-bond donors (Lipinski definition) is 0. The van der Waals surface area contributed by atoms with Gasteiger partial charge in [0.25, 0.3) is 8.32 Å². The van der Waals surface area contributed by atoms with E-state index in [1.165, 1.54) is 75.9 Å². The first-order valence-electron chi connectivity index (χ1n) is 8.38. The summed E-state index contributed by atoms with van der Waals surface area (Å²) in [4.78, 5) is 0. The summed E-state index contributed by atoms with van der Waals surface area (Å²) in [5.74, 6) is 0. The highest BCUT2D eigenvalue weighted by Gasteiger charge is 2.35. The smallest absolute Gasteiger partial charge is 0.287 e. The maximum Gasteiger partial charge on any atom is 0.287 e. The number of nitrogens with zero attached hydrogens (tertiary/aromatic N) is 1. The molecule has 0 aliphatic carbocycles. The van der Waals surface area contributed by atoms with Crippen LogP contribution in [0.2, 0.25) is 18.1 Å². The van der Waals surface area contributed by atoms with Crippen molar-refractivity contribution in [1.29, 1.82) is 0 Å². The van der Waals surface area contributed by atoms with Crippen molar-refractivity contribution >= 4 is 15.0 Å². The zero-order valence-corrected chi connectivity index (χ0v) is 14.5. The van der Waals surface area contributed by atoms with E-state index in [0.29, 0.717) is 0 Å². The largest absolute Gasteiger partial charge is 0.455 e. The van der Waals surface area contributed by atoms with Crippen LogP contribution in [-0.2, 0) is 4.53 Å². The average Bonchev–Trinajstić information content (AvgIpc) is 2.40. The molecular weight excluding hydrogens is 250 g/mol. The Morgan fingerprint density at radius 3 is 1.37 bits per heavy atom. The Balaban J connectivity index is 4.42. The van der Waals surface area contributed by atoms with Crippen LogP contribution in [0.3, 0.4) is 0 Å². The normalized spacial score (nSPS) is 11.5. The first kappa shape index (κ1) is 18.7. The molecule has 0 aliphatic rings. The maximum absolute atomic E-state index is 5.92. The van der Waals surface area contributed by atoms with Crippen molar-refractivity contribution < 1.29 is 4.53 Å². The minimum atomic E-state index is -1.64. The number of rotatable bonds is 14. The molecular formula is C16H35NOSi. The maximum atomic E-state index is 5.92. The molecule has 0 N–H and O–H groups in total. The van der Waals surface area contributed by atoms with E-state index in [1.54, 1.807) is 0 Å². The van der Waals surface area contributed by atoms with Gasteiger partial charge in [-0.2, -0.15) is 0 Å². The summed E-state index contributed by atoms with van der Waals surface area (Å²) >= 11 is 0. The Hall–Kier alpha value is -0.313. The minimum absolute atomic E-state index is 1.29. The summed E-state index contributed by atoms with van der Waals surface area (Å²) in [6.45, 7) is 10.4. The van der Waals surface area contributed by atoms with Gasteiger partial charge in [0.1, 0.15) is 0 Å². The predicted molar refractivity (Wildman–Crippen MR) is 89.4 cm³/mol. The van der Waals surface area contributed by atoms with Crippen molar-refractivity contribution in [3.63, 3.8) is 0 Å². The molecule has 0 saturated heterocycles. The summed E-state index contributed by atoms with van der Waals surface area (Å²) < 4.78 is 5.92. The molecule has 0 radical (unpaired) electrons. The SMILES string of the molecule is C=NO[Si](CCCCC)(CCCCC)CCCCC. The van der Waals surface area contributed by atoms with Crippen molar-refractivity contribution in [3.8, 4) is 0 Å². The van der Waals surface area contributed by atoms with Gasteiger partial charge in [0.15, 0.2) is 0 Å². The standard InChI is InChI=1S/C16H35NOSi/c1-5-8-11-14-19(18-17-4,15-12-9-6-2)16-13-10-7-3/h4-16H2,1-3H3. The number of hydrogen-bond acceptors (Lipinski definition) is 2. The Kier molecular flexibility index (Phi) is 12.5. The quantitative estimate of drug-likeness (QED) is 0.163. The molecule has 114 valence electrons. The van der Waals surface area contributed by atoms with Gasteiger partial charge in [0.05, 0.1) is 0 Å². The Morgan fingerprint density at radius 2 is 1.11 bits per heavy atom. The van der Waals surface area contributed by atoms with Gasteiger partial charge in [-0.1, -0.05) is 78.6 Å². The molecule has 0 spiro atoms. The third-order valence-electron chi connectivity index (χ3n) is 3.97. The fourth-order valence-electron chi connectivity index (χ4n) is 2.74. The summed E-state index contributed by atoms with van der Waals surface area (Å²) in [5, 5.41) is 3.86. The van der Waals surface area contributed by atoms with Crippen LogP contribution >= 0.6 is 0 Å². The number of unbranched alkanes of at least 4 members (excludes halogenated alkanes) is 6. The van der Waals surface area contributed by atoms with E-state index >= 15 is 0 Å². The first-order chi connectivity index (χ1) is 9.24. The zero-order chi connectivity index (χ0) is 14.4. The van der Waals surface area contributed by atoms with Crippen LogP contribution in [0.25, 0.3) is 0 Å². The van der Waals surface area contributed by atoms with Gasteiger partial charge in [-0.05, 0) is 18.1 Å². The lowest BCUT2D eigenvalue weighted by Gasteiger charge is -2.28. The van der Waals surface area contributed by atoms with Gasteiger partial charge < -0.3 is 4.53 Å². The second kappa shape index (κ2) is 12.7. The van der Waals surface area contributed by atoms with E-state index in [0.717, 1.165) is 0 Å². The van der Waals surface area contributed by atoms with Crippen molar-refractivity contribution in [2.75, 3.05) is 0 Å². The average molecular weight is 286 g/mol. The van der Waals surface area contributed by atoms with E-state index in [2.05, 4.69) is 32.6 Å². The summed E-state index contributed by atoms with van der Waals surface area (Å²) in [7, 11) is -1.64. The fraction of sp³-hybridized carbons (Fsp3) is 0.938. The summed E-state index contributed by atoms with van der Waals surface area (Å²) in [5.41, 5.74) is 0. The summed E-state index contributed by atoms with van der Waals surface area (Å²) in [6.07, 6.45) is 11.8. The molecule has 0 heterocycles. The molecule has 0 unspecified atom stereocenters. The molecule has 0 bridgehead atoms. The molecule has 0 aliphatic heterocycles. The predicted octanol–water partition coefficient (Wildman–Crippen LogP) is 6.13. The zero-order valence-electron chi connectivity index (χ0n) is 13.5. The topological polar surface area (TPSA) is 21.6 Å². The molecule has 3 heteroatoms. The molecule has 0 rings (SSSR count). The van der Waals surface area contributed by atoms with Crippen LogP contribution < -0.4 is 0 Å². The highest BCUT2D eigenvalue weighted by Crippen LogP contribution is 2.30. The van der Waals surface area contributed by atoms with Crippen molar-refractivity contribution in [2.24, 2.45) is 5.16 Å². The highest BCUT2D eigenvalue weighted by molar-refractivity contribution is 6.73. The molecule has 0 aromatic heterocycles. The van der Waals surface area contributed by atoms with E-state index in [-0.39, 0.29) is 0 Å². The van der Waals surface area contributed by atoms with Crippen molar-refractivity contribution in [1.82, 2.24) is 0 Å². The van der Waals surface area contributed by atoms with E-state index in [4.69, 9.17) is 4.53 Å².